The van der Waals surface area contributed by atoms with Crippen molar-refractivity contribution >= 4 is 5.91 Å². The van der Waals surface area contributed by atoms with E-state index in [4.69, 9.17) is 0 Å². The van der Waals surface area contributed by atoms with Gasteiger partial charge in [0.05, 0.1) is 23.6 Å². The van der Waals surface area contributed by atoms with E-state index in [2.05, 4.69) is 14.6 Å². The quantitative estimate of drug-likeness (QED) is 0.745. The molecule has 4 rings (SSSR count). The number of amides is 1. The Labute approximate surface area is 140 Å². The minimum Gasteiger partial charge on any atom is -0.337 e. The van der Waals surface area contributed by atoms with Crippen molar-refractivity contribution in [3.8, 4) is 5.69 Å². The Morgan fingerprint density at radius 3 is 2.83 bits per heavy atom. The number of carbonyl (C=O) groups excluding carboxylic acids is 1. The molecule has 1 fully saturated rings. The summed E-state index contributed by atoms with van der Waals surface area (Å²) in [5.74, 6) is 0.0610. The zero-order chi connectivity index (χ0) is 16.4. The summed E-state index contributed by atoms with van der Waals surface area (Å²) in [5.41, 5.74) is 1.50. The standard InChI is InChI=1S/C18H19N5O/c24-18(16-6-1-2-7-17(16)23-11-4-8-20-23)21-10-3-5-15(13-21)22-12-9-19-14-22/h1-2,4,6-9,11-12,14-15H,3,5,10,13H2/t15-/m1/s1. The molecule has 3 heterocycles. The Balaban J connectivity index is 1.60. The second kappa shape index (κ2) is 6.31. The fourth-order valence-corrected chi connectivity index (χ4v) is 3.30. The molecule has 0 spiro atoms. The lowest BCUT2D eigenvalue weighted by molar-refractivity contribution is 0.0679. The van der Waals surface area contributed by atoms with Gasteiger partial charge in [0.25, 0.3) is 5.91 Å². The lowest BCUT2D eigenvalue weighted by atomic mass is 10.0. The largest absolute Gasteiger partial charge is 0.337 e. The molecule has 1 atom stereocenters. The number of likely N-dealkylation sites (tertiary alicyclic amines) is 1. The van der Waals surface area contributed by atoms with Gasteiger partial charge >= 0.3 is 0 Å². The van der Waals surface area contributed by atoms with Crippen LogP contribution in [0.2, 0.25) is 0 Å². The number of carbonyl (C=O) groups is 1. The van der Waals surface area contributed by atoms with Gasteiger partial charge in [0.15, 0.2) is 0 Å². The molecule has 6 nitrogen and oxygen atoms in total. The van der Waals surface area contributed by atoms with Gasteiger partial charge in [-0.2, -0.15) is 5.10 Å². The van der Waals surface area contributed by atoms with Crippen molar-refractivity contribution in [1.29, 1.82) is 0 Å². The van der Waals surface area contributed by atoms with Crippen molar-refractivity contribution in [2.75, 3.05) is 13.1 Å². The van der Waals surface area contributed by atoms with E-state index in [1.165, 1.54) is 0 Å². The smallest absolute Gasteiger partial charge is 0.256 e. The first-order valence-electron chi connectivity index (χ1n) is 8.19. The number of hydrogen-bond donors (Lipinski definition) is 0. The number of nitrogens with zero attached hydrogens (tertiary/aromatic N) is 5. The van der Waals surface area contributed by atoms with Crippen molar-refractivity contribution in [2.45, 2.75) is 18.9 Å². The van der Waals surface area contributed by atoms with Gasteiger partial charge < -0.3 is 9.47 Å². The average Bonchev–Trinajstić information content (AvgIpc) is 3.35. The van der Waals surface area contributed by atoms with Crippen LogP contribution in [0.15, 0.2) is 61.4 Å². The summed E-state index contributed by atoms with van der Waals surface area (Å²) >= 11 is 0. The van der Waals surface area contributed by atoms with E-state index in [1.54, 1.807) is 17.1 Å². The summed E-state index contributed by atoms with van der Waals surface area (Å²) in [6.45, 7) is 1.50. The molecule has 1 aliphatic rings. The van der Waals surface area contributed by atoms with Crippen molar-refractivity contribution in [3.63, 3.8) is 0 Å². The molecule has 1 saturated heterocycles. The fraction of sp³-hybridized carbons (Fsp3) is 0.278. The van der Waals surface area contributed by atoms with Crippen LogP contribution in [-0.2, 0) is 0 Å². The summed E-state index contributed by atoms with van der Waals surface area (Å²) in [4.78, 5) is 19.2. The van der Waals surface area contributed by atoms with Crippen LogP contribution in [0, 0.1) is 0 Å². The Kier molecular flexibility index (Phi) is 3.86. The van der Waals surface area contributed by atoms with Crippen molar-refractivity contribution < 1.29 is 4.79 Å². The van der Waals surface area contributed by atoms with Crippen molar-refractivity contribution in [2.24, 2.45) is 0 Å². The van der Waals surface area contributed by atoms with E-state index in [0.717, 1.165) is 25.1 Å². The second-order valence-electron chi connectivity index (χ2n) is 6.02. The predicted octanol–water partition coefficient (Wildman–Crippen LogP) is 2.55. The molecule has 2 aromatic heterocycles. The van der Waals surface area contributed by atoms with Gasteiger partial charge in [0.2, 0.25) is 0 Å². The minimum atomic E-state index is 0.0610. The topological polar surface area (TPSA) is 56.0 Å². The van der Waals surface area contributed by atoms with Gasteiger partial charge in [-0.05, 0) is 31.0 Å². The van der Waals surface area contributed by atoms with Crippen LogP contribution in [0.4, 0.5) is 0 Å². The van der Waals surface area contributed by atoms with E-state index in [1.807, 2.05) is 54.0 Å². The van der Waals surface area contributed by atoms with E-state index in [0.29, 0.717) is 18.2 Å². The molecule has 0 bridgehead atoms. The number of imidazole rings is 1. The molecule has 3 aromatic rings. The highest BCUT2D eigenvalue weighted by Gasteiger charge is 2.26. The first kappa shape index (κ1) is 14.7. The Hall–Kier alpha value is -2.89. The number of benzene rings is 1. The highest BCUT2D eigenvalue weighted by Crippen LogP contribution is 2.24. The lowest BCUT2D eigenvalue weighted by Crippen LogP contribution is -2.40. The first-order valence-corrected chi connectivity index (χ1v) is 8.19. The fourth-order valence-electron chi connectivity index (χ4n) is 3.30. The van der Waals surface area contributed by atoms with Gasteiger partial charge in [-0.3, -0.25) is 4.79 Å². The molecule has 1 amide bonds. The van der Waals surface area contributed by atoms with Gasteiger partial charge in [-0.25, -0.2) is 9.67 Å². The minimum absolute atomic E-state index is 0.0610. The molecule has 0 N–H and O–H groups in total. The van der Waals surface area contributed by atoms with Gasteiger partial charge in [0, 0.05) is 37.9 Å². The van der Waals surface area contributed by atoms with Gasteiger partial charge in [-0.15, -0.1) is 0 Å². The third kappa shape index (κ3) is 2.71. The maximum absolute atomic E-state index is 13.1. The first-order chi connectivity index (χ1) is 11.8. The highest BCUT2D eigenvalue weighted by molar-refractivity contribution is 5.97. The van der Waals surface area contributed by atoms with E-state index < -0.39 is 0 Å². The molecular formula is C18H19N5O. The normalized spacial score (nSPS) is 17.8. The average molecular weight is 321 g/mol. The third-order valence-electron chi connectivity index (χ3n) is 4.52. The molecule has 24 heavy (non-hydrogen) atoms. The lowest BCUT2D eigenvalue weighted by Gasteiger charge is -2.33. The monoisotopic (exact) mass is 321 g/mol. The van der Waals surface area contributed by atoms with E-state index >= 15 is 0 Å². The maximum Gasteiger partial charge on any atom is 0.256 e. The molecule has 0 radical (unpaired) electrons. The van der Waals surface area contributed by atoms with Crippen LogP contribution in [0.25, 0.3) is 5.69 Å². The van der Waals surface area contributed by atoms with Crippen molar-refractivity contribution in [1.82, 2.24) is 24.2 Å². The zero-order valence-electron chi connectivity index (χ0n) is 13.3. The third-order valence-corrected chi connectivity index (χ3v) is 4.52. The van der Waals surface area contributed by atoms with Crippen molar-refractivity contribution in [3.05, 3.63) is 67.0 Å². The summed E-state index contributed by atoms with van der Waals surface area (Å²) < 4.78 is 3.84. The highest BCUT2D eigenvalue weighted by atomic mass is 16.2. The number of para-hydroxylation sites is 1. The summed E-state index contributed by atoms with van der Waals surface area (Å²) in [6, 6.07) is 9.78. The Morgan fingerprint density at radius 2 is 2.04 bits per heavy atom. The molecule has 122 valence electrons. The summed E-state index contributed by atoms with van der Waals surface area (Å²) in [5, 5.41) is 4.26. The maximum atomic E-state index is 13.1. The molecular weight excluding hydrogens is 302 g/mol. The SMILES string of the molecule is O=C(c1ccccc1-n1cccn1)N1CCC[C@@H](n2ccnc2)C1. The van der Waals surface area contributed by atoms with E-state index in [9.17, 15) is 4.79 Å². The predicted molar refractivity (Wildman–Crippen MR) is 90.0 cm³/mol. The van der Waals surface area contributed by atoms with Crippen LogP contribution in [0.1, 0.15) is 29.2 Å². The Morgan fingerprint density at radius 1 is 1.12 bits per heavy atom. The summed E-state index contributed by atoms with van der Waals surface area (Å²) in [6.07, 6.45) is 11.2. The number of aromatic nitrogens is 4. The van der Waals surface area contributed by atoms with Crippen LogP contribution >= 0.6 is 0 Å². The molecule has 1 aliphatic heterocycles. The molecule has 0 aliphatic carbocycles. The zero-order valence-corrected chi connectivity index (χ0v) is 13.3. The molecule has 6 heteroatoms. The van der Waals surface area contributed by atoms with Crippen LogP contribution in [0.5, 0.6) is 0 Å². The van der Waals surface area contributed by atoms with Gasteiger partial charge in [0.1, 0.15) is 0 Å². The second-order valence-corrected chi connectivity index (χ2v) is 6.02. The summed E-state index contributed by atoms with van der Waals surface area (Å²) in [7, 11) is 0. The van der Waals surface area contributed by atoms with Gasteiger partial charge in [-0.1, -0.05) is 12.1 Å². The number of rotatable bonds is 3. The van der Waals surface area contributed by atoms with Crippen LogP contribution < -0.4 is 0 Å². The van der Waals surface area contributed by atoms with Crippen LogP contribution in [0.3, 0.4) is 0 Å². The molecule has 0 unspecified atom stereocenters. The Bertz CT molecular complexity index is 810. The van der Waals surface area contributed by atoms with E-state index in [-0.39, 0.29) is 5.91 Å². The number of piperidine rings is 1. The van der Waals surface area contributed by atoms with Crippen LogP contribution in [-0.4, -0.2) is 43.2 Å². The molecule has 0 saturated carbocycles. The molecule has 1 aromatic carbocycles. The number of hydrogen-bond acceptors (Lipinski definition) is 3.